The van der Waals surface area contributed by atoms with Gasteiger partial charge in [0.15, 0.2) is 0 Å². The van der Waals surface area contributed by atoms with Gasteiger partial charge >= 0.3 is 6.18 Å². The Morgan fingerprint density at radius 3 is 2.47 bits per heavy atom. The van der Waals surface area contributed by atoms with Crippen LogP contribution in [-0.2, 0) is 10.9 Å². The van der Waals surface area contributed by atoms with Crippen molar-refractivity contribution in [1.29, 1.82) is 0 Å². The van der Waals surface area contributed by atoms with Crippen LogP contribution >= 0.6 is 0 Å². The summed E-state index contributed by atoms with van der Waals surface area (Å²) in [5.74, 6) is 0.823. The number of allylic oxidation sites excluding steroid dienone is 2. The van der Waals surface area contributed by atoms with E-state index >= 15 is 0 Å². The fraction of sp³-hybridized carbons (Fsp3) is 0.360. The molecule has 0 unspecified atom stereocenters. The second-order valence-electron chi connectivity index (χ2n) is 7.83. The minimum absolute atomic E-state index is 0.545. The zero-order valence-electron chi connectivity index (χ0n) is 17.5. The fourth-order valence-corrected chi connectivity index (χ4v) is 3.67. The van der Waals surface area contributed by atoms with Crippen molar-refractivity contribution in [2.75, 3.05) is 27.2 Å². The van der Waals surface area contributed by atoms with Gasteiger partial charge in [-0.3, -0.25) is 0 Å². The first-order valence-electron chi connectivity index (χ1n) is 10.3. The molecule has 2 nitrogen and oxygen atoms in total. The second kappa shape index (κ2) is 9.98. The molecule has 0 fully saturated rings. The van der Waals surface area contributed by atoms with Crippen LogP contribution in [0.3, 0.4) is 0 Å². The summed E-state index contributed by atoms with van der Waals surface area (Å²) >= 11 is 0. The Kier molecular flexibility index (Phi) is 7.38. The average Bonchev–Trinajstić information content (AvgIpc) is 2.72. The maximum absolute atomic E-state index is 13.1. The van der Waals surface area contributed by atoms with Crippen LogP contribution in [0.4, 0.5) is 13.2 Å². The van der Waals surface area contributed by atoms with Crippen LogP contribution in [0.25, 0.3) is 11.6 Å². The molecule has 0 atom stereocenters. The molecular weight excluding hydrogens is 387 g/mol. The third kappa shape index (κ3) is 5.99. The van der Waals surface area contributed by atoms with Gasteiger partial charge in [0, 0.05) is 12.1 Å². The smallest absolute Gasteiger partial charge is 0.416 e. The molecule has 0 heterocycles. The van der Waals surface area contributed by atoms with E-state index in [1.165, 1.54) is 12.1 Å². The SMILES string of the molecule is CN(C)CCCOC1=C(c2ccccc2)CCCC1=Cc1cccc(C(F)(F)F)c1. The lowest BCUT2D eigenvalue weighted by molar-refractivity contribution is -0.137. The van der Waals surface area contributed by atoms with Crippen LogP contribution in [0.2, 0.25) is 0 Å². The van der Waals surface area contributed by atoms with Gasteiger partial charge in [-0.25, -0.2) is 0 Å². The van der Waals surface area contributed by atoms with Crippen molar-refractivity contribution >= 4 is 11.6 Å². The summed E-state index contributed by atoms with van der Waals surface area (Å²) < 4.78 is 45.6. The Bertz CT molecular complexity index is 898. The highest BCUT2D eigenvalue weighted by atomic mass is 19.4. The summed E-state index contributed by atoms with van der Waals surface area (Å²) in [6.07, 6.45) is 1.01. The first-order valence-corrected chi connectivity index (χ1v) is 10.3. The molecule has 160 valence electrons. The molecule has 0 radical (unpaired) electrons. The quantitative estimate of drug-likeness (QED) is 0.469. The Balaban J connectivity index is 1.95. The van der Waals surface area contributed by atoms with Crippen LogP contribution in [-0.4, -0.2) is 32.1 Å². The molecule has 0 bridgehead atoms. The summed E-state index contributed by atoms with van der Waals surface area (Å²) in [6.45, 7) is 1.49. The minimum atomic E-state index is -4.35. The van der Waals surface area contributed by atoms with Crippen molar-refractivity contribution in [1.82, 2.24) is 4.90 Å². The molecule has 5 heteroatoms. The van der Waals surface area contributed by atoms with Crippen LogP contribution < -0.4 is 0 Å². The molecule has 0 spiro atoms. The van der Waals surface area contributed by atoms with E-state index in [2.05, 4.69) is 17.0 Å². The number of ether oxygens (including phenoxy) is 1. The molecule has 0 aromatic heterocycles. The standard InChI is InChI=1S/C25H28F3NO/c1-29(2)15-8-16-30-24-21(12-7-14-23(24)20-10-4-3-5-11-20)17-19-9-6-13-22(18-19)25(26,27)28/h3-6,9-11,13,17-18H,7-8,12,14-16H2,1-2H3. The Morgan fingerprint density at radius 1 is 1.00 bits per heavy atom. The Labute approximate surface area is 176 Å². The molecule has 2 aromatic carbocycles. The molecule has 30 heavy (non-hydrogen) atoms. The Hall–Kier alpha value is -2.53. The van der Waals surface area contributed by atoms with Crippen LogP contribution in [0, 0.1) is 0 Å². The van der Waals surface area contributed by atoms with E-state index < -0.39 is 11.7 Å². The van der Waals surface area contributed by atoms with Gasteiger partial charge in [-0.15, -0.1) is 0 Å². The average molecular weight is 415 g/mol. The monoisotopic (exact) mass is 415 g/mol. The first kappa shape index (κ1) is 22.2. The molecule has 0 saturated carbocycles. The highest BCUT2D eigenvalue weighted by molar-refractivity contribution is 5.75. The number of benzene rings is 2. The first-order chi connectivity index (χ1) is 14.3. The predicted octanol–water partition coefficient (Wildman–Crippen LogP) is 6.65. The van der Waals surface area contributed by atoms with E-state index in [4.69, 9.17) is 4.74 Å². The van der Waals surface area contributed by atoms with Crippen molar-refractivity contribution in [2.24, 2.45) is 0 Å². The second-order valence-corrected chi connectivity index (χ2v) is 7.83. The van der Waals surface area contributed by atoms with Crippen LogP contribution in [0.15, 0.2) is 65.9 Å². The predicted molar refractivity (Wildman–Crippen MR) is 116 cm³/mol. The number of nitrogens with zero attached hydrogens (tertiary/aromatic N) is 1. The molecule has 1 aliphatic carbocycles. The zero-order chi connectivity index (χ0) is 21.6. The summed E-state index contributed by atoms with van der Waals surface area (Å²) in [5, 5.41) is 0. The van der Waals surface area contributed by atoms with Gasteiger partial charge in [0.1, 0.15) is 5.76 Å². The van der Waals surface area contributed by atoms with E-state index in [-0.39, 0.29) is 0 Å². The van der Waals surface area contributed by atoms with E-state index in [9.17, 15) is 13.2 Å². The van der Waals surface area contributed by atoms with Crippen molar-refractivity contribution in [3.05, 3.63) is 82.6 Å². The zero-order valence-corrected chi connectivity index (χ0v) is 17.5. The Morgan fingerprint density at radius 2 is 1.77 bits per heavy atom. The number of hydrogen-bond acceptors (Lipinski definition) is 2. The topological polar surface area (TPSA) is 12.5 Å². The van der Waals surface area contributed by atoms with Gasteiger partial charge in [0.05, 0.1) is 12.2 Å². The number of halogens is 3. The lowest BCUT2D eigenvalue weighted by atomic mass is 9.88. The summed E-state index contributed by atoms with van der Waals surface area (Å²) in [4.78, 5) is 2.11. The van der Waals surface area contributed by atoms with Gasteiger partial charge in [0.2, 0.25) is 0 Å². The molecule has 2 aromatic rings. The molecular formula is C25H28F3NO. The maximum atomic E-state index is 13.1. The highest BCUT2D eigenvalue weighted by Crippen LogP contribution is 2.38. The van der Waals surface area contributed by atoms with E-state index in [0.717, 1.165) is 60.8 Å². The molecule has 0 N–H and O–H groups in total. The molecule has 0 saturated heterocycles. The van der Waals surface area contributed by atoms with E-state index in [1.54, 1.807) is 6.07 Å². The van der Waals surface area contributed by atoms with Gasteiger partial charge in [-0.1, -0.05) is 42.5 Å². The summed E-state index contributed by atoms with van der Waals surface area (Å²) in [5.41, 5.74) is 3.11. The van der Waals surface area contributed by atoms with Crippen molar-refractivity contribution < 1.29 is 17.9 Å². The molecule has 0 amide bonds. The van der Waals surface area contributed by atoms with Gasteiger partial charge in [-0.2, -0.15) is 13.2 Å². The molecule has 0 aliphatic heterocycles. The van der Waals surface area contributed by atoms with Gasteiger partial charge < -0.3 is 9.64 Å². The summed E-state index contributed by atoms with van der Waals surface area (Å²) in [6, 6.07) is 15.6. The maximum Gasteiger partial charge on any atom is 0.416 e. The third-order valence-electron chi connectivity index (χ3n) is 5.11. The fourth-order valence-electron chi connectivity index (χ4n) is 3.67. The van der Waals surface area contributed by atoms with Gasteiger partial charge in [-0.05, 0) is 74.7 Å². The largest absolute Gasteiger partial charge is 0.493 e. The molecule has 1 aliphatic rings. The van der Waals surface area contributed by atoms with Crippen LogP contribution in [0.1, 0.15) is 42.4 Å². The lowest BCUT2D eigenvalue weighted by Crippen LogP contribution is -2.15. The number of hydrogen-bond donors (Lipinski definition) is 0. The van der Waals surface area contributed by atoms with Crippen LogP contribution in [0.5, 0.6) is 0 Å². The third-order valence-corrected chi connectivity index (χ3v) is 5.11. The number of alkyl halides is 3. The van der Waals surface area contributed by atoms with Crippen molar-refractivity contribution in [2.45, 2.75) is 31.9 Å². The number of rotatable bonds is 7. The normalized spacial score (nSPS) is 16.4. The van der Waals surface area contributed by atoms with E-state index in [0.29, 0.717) is 12.2 Å². The van der Waals surface area contributed by atoms with Crippen molar-refractivity contribution in [3.8, 4) is 0 Å². The van der Waals surface area contributed by atoms with E-state index in [1.807, 2.05) is 38.4 Å². The minimum Gasteiger partial charge on any atom is -0.493 e. The lowest BCUT2D eigenvalue weighted by Gasteiger charge is -2.24. The highest BCUT2D eigenvalue weighted by Gasteiger charge is 2.30. The van der Waals surface area contributed by atoms with Gasteiger partial charge in [0.25, 0.3) is 0 Å². The molecule has 3 rings (SSSR count). The van der Waals surface area contributed by atoms with Crippen molar-refractivity contribution in [3.63, 3.8) is 0 Å². The summed E-state index contributed by atoms with van der Waals surface area (Å²) in [7, 11) is 4.04.